The third-order valence-corrected chi connectivity index (χ3v) is 5.93. The van der Waals surface area contributed by atoms with Gasteiger partial charge < -0.3 is 19.9 Å². The quantitative estimate of drug-likeness (QED) is 0.764. The zero-order valence-corrected chi connectivity index (χ0v) is 15.7. The maximum absolute atomic E-state index is 9.29. The molecule has 3 heterocycles. The van der Waals surface area contributed by atoms with Crippen molar-refractivity contribution in [3.8, 4) is 0 Å². The van der Waals surface area contributed by atoms with Gasteiger partial charge in [-0.3, -0.25) is 4.98 Å². The SMILES string of the molecule is OCCCN1C(=S)N[C@H](c2ccccn2)[C@@H]1c1ccn(C2CCCC2)c1. The molecule has 138 valence electrons. The predicted octanol–water partition coefficient (Wildman–Crippen LogP) is 3.35. The molecule has 1 saturated heterocycles. The Morgan fingerprint density at radius 3 is 2.81 bits per heavy atom. The van der Waals surface area contributed by atoms with E-state index in [1.807, 2.05) is 18.3 Å². The third kappa shape index (κ3) is 3.35. The Bertz CT molecular complexity index is 741. The summed E-state index contributed by atoms with van der Waals surface area (Å²) in [6, 6.07) is 8.99. The summed E-state index contributed by atoms with van der Waals surface area (Å²) in [5.74, 6) is 0. The van der Waals surface area contributed by atoms with Gasteiger partial charge in [-0.15, -0.1) is 0 Å². The Kier molecular flexibility index (Phi) is 5.22. The van der Waals surface area contributed by atoms with Gasteiger partial charge in [-0.05, 0) is 55.2 Å². The standard InChI is InChI=1S/C20H26N4OS/c25-13-5-11-24-19(15-9-12-23(14-15)16-6-1-2-7-16)18(22-20(24)26)17-8-3-4-10-21-17/h3-4,8-10,12,14,16,18-19,25H,1-2,5-7,11,13H2,(H,22,26)/t18-,19+/m1/s1. The highest BCUT2D eigenvalue weighted by atomic mass is 32.1. The van der Waals surface area contributed by atoms with Gasteiger partial charge in [0.05, 0.1) is 17.8 Å². The second-order valence-electron chi connectivity index (χ2n) is 7.23. The van der Waals surface area contributed by atoms with E-state index in [4.69, 9.17) is 12.2 Å². The van der Waals surface area contributed by atoms with Crippen molar-refractivity contribution in [2.45, 2.75) is 50.2 Å². The maximum atomic E-state index is 9.29. The minimum atomic E-state index is 0.0295. The molecule has 1 saturated carbocycles. The van der Waals surface area contributed by atoms with Crippen LogP contribution in [0.2, 0.25) is 0 Å². The normalized spacial score (nSPS) is 23.6. The van der Waals surface area contributed by atoms with E-state index < -0.39 is 0 Å². The van der Waals surface area contributed by atoms with Crippen molar-refractivity contribution in [3.05, 3.63) is 54.1 Å². The van der Waals surface area contributed by atoms with Crippen LogP contribution in [0.25, 0.3) is 0 Å². The van der Waals surface area contributed by atoms with Crippen LogP contribution in [0.3, 0.4) is 0 Å². The van der Waals surface area contributed by atoms with Gasteiger partial charge in [0, 0.05) is 37.8 Å². The number of aliphatic hydroxyl groups excluding tert-OH is 1. The van der Waals surface area contributed by atoms with E-state index in [2.05, 4.69) is 44.3 Å². The molecule has 26 heavy (non-hydrogen) atoms. The Hall–Kier alpha value is -1.92. The summed E-state index contributed by atoms with van der Waals surface area (Å²) in [5.41, 5.74) is 2.26. The molecule has 6 heteroatoms. The fourth-order valence-electron chi connectivity index (χ4n) is 4.29. The molecule has 0 spiro atoms. The van der Waals surface area contributed by atoms with Gasteiger partial charge >= 0.3 is 0 Å². The van der Waals surface area contributed by atoms with Crippen LogP contribution in [-0.2, 0) is 0 Å². The lowest BCUT2D eigenvalue weighted by Crippen LogP contribution is -2.31. The van der Waals surface area contributed by atoms with E-state index in [-0.39, 0.29) is 18.7 Å². The van der Waals surface area contributed by atoms with Gasteiger partial charge in [0.1, 0.15) is 0 Å². The number of nitrogens with zero attached hydrogens (tertiary/aromatic N) is 3. The molecule has 2 aliphatic rings. The van der Waals surface area contributed by atoms with Crippen LogP contribution < -0.4 is 5.32 Å². The largest absolute Gasteiger partial charge is 0.396 e. The van der Waals surface area contributed by atoms with Crippen LogP contribution in [-0.4, -0.2) is 37.8 Å². The molecule has 0 bridgehead atoms. The number of hydrogen-bond donors (Lipinski definition) is 2. The molecule has 1 aliphatic carbocycles. The molecule has 4 rings (SSSR count). The molecule has 0 aromatic carbocycles. The van der Waals surface area contributed by atoms with Crippen molar-refractivity contribution in [1.29, 1.82) is 0 Å². The van der Waals surface area contributed by atoms with Crippen molar-refractivity contribution < 1.29 is 5.11 Å². The molecule has 2 fully saturated rings. The van der Waals surface area contributed by atoms with Crippen molar-refractivity contribution in [1.82, 2.24) is 19.8 Å². The first-order valence-electron chi connectivity index (χ1n) is 9.54. The zero-order valence-electron chi connectivity index (χ0n) is 14.9. The number of aliphatic hydroxyl groups is 1. The van der Waals surface area contributed by atoms with E-state index in [0.29, 0.717) is 12.5 Å². The summed E-state index contributed by atoms with van der Waals surface area (Å²) < 4.78 is 2.38. The molecule has 0 unspecified atom stereocenters. The Labute approximate surface area is 160 Å². The first kappa shape index (κ1) is 17.5. The maximum Gasteiger partial charge on any atom is 0.170 e. The lowest BCUT2D eigenvalue weighted by molar-refractivity contribution is 0.247. The zero-order chi connectivity index (χ0) is 17.9. The van der Waals surface area contributed by atoms with E-state index in [9.17, 15) is 5.11 Å². The van der Waals surface area contributed by atoms with E-state index in [0.717, 1.165) is 17.4 Å². The Morgan fingerprint density at radius 1 is 1.23 bits per heavy atom. The fourth-order valence-corrected chi connectivity index (χ4v) is 4.62. The van der Waals surface area contributed by atoms with Gasteiger partial charge in [-0.25, -0.2) is 0 Å². The highest BCUT2D eigenvalue weighted by molar-refractivity contribution is 7.80. The minimum absolute atomic E-state index is 0.0295. The molecule has 5 nitrogen and oxygen atoms in total. The number of pyridine rings is 1. The average Bonchev–Trinajstić information content (AvgIpc) is 3.40. The summed E-state index contributed by atoms with van der Waals surface area (Å²) >= 11 is 5.62. The number of rotatable bonds is 6. The summed E-state index contributed by atoms with van der Waals surface area (Å²) in [4.78, 5) is 6.77. The first-order chi connectivity index (χ1) is 12.8. The van der Waals surface area contributed by atoms with Crippen molar-refractivity contribution in [2.75, 3.05) is 13.2 Å². The van der Waals surface area contributed by atoms with Crippen LogP contribution in [0, 0.1) is 0 Å². The molecule has 2 aromatic rings. The molecule has 0 amide bonds. The van der Waals surface area contributed by atoms with Crippen molar-refractivity contribution >= 4 is 17.3 Å². The summed E-state index contributed by atoms with van der Waals surface area (Å²) in [5, 5.41) is 13.5. The van der Waals surface area contributed by atoms with Crippen molar-refractivity contribution in [3.63, 3.8) is 0 Å². The van der Waals surface area contributed by atoms with Crippen LogP contribution in [0.4, 0.5) is 0 Å². The highest BCUT2D eigenvalue weighted by Gasteiger charge is 2.39. The van der Waals surface area contributed by atoms with E-state index in [1.54, 1.807) is 0 Å². The van der Waals surface area contributed by atoms with Gasteiger partial charge in [0.15, 0.2) is 5.11 Å². The summed E-state index contributed by atoms with van der Waals surface area (Å²) in [6.45, 7) is 0.911. The number of aromatic nitrogens is 2. The second kappa shape index (κ2) is 7.76. The Balaban J connectivity index is 1.66. The number of hydrogen-bond acceptors (Lipinski definition) is 3. The predicted molar refractivity (Wildman–Crippen MR) is 106 cm³/mol. The van der Waals surface area contributed by atoms with Gasteiger partial charge in [-0.1, -0.05) is 18.9 Å². The van der Waals surface area contributed by atoms with Crippen molar-refractivity contribution in [2.24, 2.45) is 0 Å². The molecule has 2 N–H and O–H groups in total. The highest BCUT2D eigenvalue weighted by Crippen LogP contribution is 2.39. The first-order valence-corrected chi connectivity index (χ1v) is 9.95. The number of nitrogens with one attached hydrogen (secondary N) is 1. The van der Waals surface area contributed by atoms with Crippen LogP contribution in [0.15, 0.2) is 42.9 Å². The topological polar surface area (TPSA) is 53.3 Å². The van der Waals surface area contributed by atoms with Gasteiger partial charge in [0.25, 0.3) is 0 Å². The molecular formula is C20H26N4OS. The molecule has 1 aliphatic heterocycles. The van der Waals surface area contributed by atoms with E-state index >= 15 is 0 Å². The smallest absolute Gasteiger partial charge is 0.170 e. The summed E-state index contributed by atoms with van der Waals surface area (Å²) in [7, 11) is 0. The number of thiocarbonyl (C=S) groups is 1. The minimum Gasteiger partial charge on any atom is -0.396 e. The Morgan fingerprint density at radius 2 is 2.08 bits per heavy atom. The fraction of sp³-hybridized carbons (Fsp3) is 0.500. The van der Waals surface area contributed by atoms with Gasteiger partial charge in [-0.2, -0.15) is 0 Å². The second-order valence-corrected chi connectivity index (χ2v) is 7.61. The van der Waals surface area contributed by atoms with Crippen LogP contribution in [0.1, 0.15) is 61.5 Å². The molecule has 2 atom stereocenters. The van der Waals surface area contributed by atoms with E-state index in [1.165, 1.54) is 31.2 Å². The average molecular weight is 371 g/mol. The van der Waals surface area contributed by atoms with Gasteiger partial charge in [0.2, 0.25) is 0 Å². The molecular weight excluding hydrogens is 344 g/mol. The molecule has 0 radical (unpaired) electrons. The summed E-state index contributed by atoms with van der Waals surface area (Å²) in [6.07, 6.45) is 12.2. The lowest BCUT2D eigenvalue weighted by atomic mass is 9.99. The monoisotopic (exact) mass is 370 g/mol. The molecule has 2 aromatic heterocycles. The third-order valence-electron chi connectivity index (χ3n) is 5.58. The lowest BCUT2D eigenvalue weighted by Gasteiger charge is -2.27. The van der Waals surface area contributed by atoms with Crippen LogP contribution in [0.5, 0.6) is 0 Å². The van der Waals surface area contributed by atoms with Crippen LogP contribution >= 0.6 is 12.2 Å².